The molecule has 2 aromatic heterocycles. The van der Waals surface area contributed by atoms with E-state index in [1.165, 1.54) is 0 Å². The van der Waals surface area contributed by atoms with Gasteiger partial charge in [-0.2, -0.15) is 0 Å². The van der Waals surface area contributed by atoms with Crippen molar-refractivity contribution in [3.05, 3.63) is 40.4 Å². The van der Waals surface area contributed by atoms with Crippen LogP contribution in [0.4, 0.5) is 0 Å². The molecule has 122 valence electrons. The molecule has 3 heterocycles. The SMILES string of the molecule is O=C1CCC(Cc2nc3[nH]c(=O)[nH]c3nc2-c2ccc(O)cc2)N1. The van der Waals surface area contributed by atoms with E-state index in [0.29, 0.717) is 35.5 Å². The maximum absolute atomic E-state index is 11.5. The lowest BCUT2D eigenvalue weighted by molar-refractivity contribution is -0.119. The van der Waals surface area contributed by atoms with Crippen LogP contribution in [0.3, 0.4) is 0 Å². The minimum atomic E-state index is -0.368. The molecule has 0 saturated carbocycles. The topological polar surface area (TPSA) is 124 Å². The van der Waals surface area contributed by atoms with Crippen molar-refractivity contribution in [2.75, 3.05) is 0 Å². The van der Waals surface area contributed by atoms with Crippen LogP contribution in [0.25, 0.3) is 22.6 Å². The molecule has 1 amide bonds. The number of fused-ring (bicyclic) bond motifs is 1. The van der Waals surface area contributed by atoms with Gasteiger partial charge in [0.15, 0.2) is 11.3 Å². The van der Waals surface area contributed by atoms with Crippen molar-refractivity contribution < 1.29 is 9.90 Å². The van der Waals surface area contributed by atoms with Gasteiger partial charge >= 0.3 is 5.69 Å². The lowest BCUT2D eigenvalue weighted by atomic mass is 10.0. The second kappa shape index (κ2) is 5.48. The molecule has 1 saturated heterocycles. The molecule has 3 aromatic rings. The number of rotatable bonds is 3. The number of benzene rings is 1. The maximum Gasteiger partial charge on any atom is 0.326 e. The fraction of sp³-hybridized carbons (Fsp3) is 0.250. The molecular formula is C16H15N5O3. The van der Waals surface area contributed by atoms with E-state index in [2.05, 4.69) is 25.3 Å². The summed E-state index contributed by atoms with van der Waals surface area (Å²) in [6.45, 7) is 0. The molecule has 4 rings (SSSR count). The van der Waals surface area contributed by atoms with Crippen molar-refractivity contribution in [3.8, 4) is 17.0 Å². The highest BCUT2D eigenvalue weighted by Crippen LogP contribution is 2.26. The number of phenols is 1. The van der Waals surface area contributed by atoms with Crippen molar-refractivity contribution >= 4 is 17.2 Å². The molecule has 1 aromatic carbocycles. The molecule has 0 bridgehead atoms. The number of hydrogen-bond donors (Lipinski definition) is 4. The highest BCUT2D eigenvalue weighted by Gasteiger charge is 2.24. The molecule has 1 aliphatic heterocycles. The number of imidazole rings is 1. The number of amides is 1. The number of hydrogen-bond acceptors (Lipinski definition) is 5. The first-order chi connectivity index (χ1) is 11.6. The average Bonchev–Trinajstić information content (AvgIpc) is 3.12. The Hall–Kier alpha value is -3.16. The summed E-state index contributed by atoms with van der Waals surface area (Å²) in [6.07, 6.45) is 1.78. The molecule has 24 heavy (non-hydrogen) atoms. The van der Waals surface area contributed by atoms with Crippen LogP contribution in [0.5, 0.6) is 5.75 Å². The summed E-state index contributed by atoms with van der Waals surface area (Å²) in [4.78, 5) is 37.2. The molecule has 4 N–H and O–H groups in total. The predicted octanol–water partition coefficient (Wildman–Crippen LogP) is 0.840. The number of aromatic hydroxyl groups is 1. The third-order valence-electron chi connectivity index (χ3n) is 4.10. The zero-order chi connectivity index (χ0) is 16.7. The number of H-pyrrole nitrogens is 2. The van der Waals surface area contributed by atoms with Crippen molar-refractivity contribution in [3.63, 3.8) is 0 Å². The monoisotopic (exact) mass is 325 g/mol. The van der Waals surface area contributed by atoms with E-state index in [9.17, 15) is 14.7 Å². The number of carbonyl (C=O) groups is 1. The third kappa shape index (κ3) is 2.62. The van der Waals surface area contributed by atoms with E-state index in [1.54, 1.807) is 24.3 Å². The van der Waals surface area contributed by atoms with Gasteiger partial charge < -0.3 is 10.4 Å². The molecule has 1 unspecified atom stereocenters. The Bertz CT molecular complexity index is 974. The van der Waals surface area contributed by atoms with Gasteiger partial charge in [0, 0.05) is 24.4 Å². The van der Waals surface area contributed by atoms with Gasteiger partial charge in [0.2, 0.25) is 5.91 Å². The van der Waals surface area contributed by atoms with Gasteiger partial charge in [-0.25, -0.2) is 14.8 Å². The number of carbonyl (C=O) groups excluding carboxylic acids is 1. The van der Waals surface area contributed by atoms with Crippen molar-refractivity contribution in [2.24, 2.45) is 0 Å². The van der Waals surface area contributed by atoms with Gasteiger partial charge in [0.1, 0.15) is 5.75 Å². The van der Waals surface area contributed by atoms with Crippen LogP contribution in [-0.4, -0.2) is 37.0 Å². The Labute approximate surface area is 136 Å². The molecular weight excluding hydrogens is 310 g/mol. The third-order valence-corrected chi connectivity index (χ3v) is 4.10. The second-order valence-corrected chi connectivity index (χ2v) is 5.85. The van der Waals surface area contributed by atoms with Gasteiger partial charge in [-0.05, 0) is 30.7 Å². The molecule has 1 aliphatic rings. The first-order valence-corrected chi connectivity index (χ1v) is 7.66. The van der Waals surface area contributed by atoms with Gasteiger partial charge in [-0.3, -0.25) is 14.8 Å². The van der Waals surface area contributed by atoms with E-state index in [1.807, 2.05) is 0 Å². The Balaban J connectivity index is 1.82. The first kappa shape index (κ1) is 14.4. The summed E-state index contributed by atoms with van der Waals surface area (Å²) in [7, 11) is 0. The van der Waals surface area contributed by atoms with Crippen LogP contribution >= 0.6 is 0 Å². The summed E-state index contributed by atoms with van der Waals surface area (Å²) in [6, 6.07) is 6.63. The van der Waals surface area contributed by atoms with Crippen LogP contribution in [0.2, 0.25) is 0 Å². The van der Waals surface area contributed by atoms with E-state index >= 15 is 0 Å². The largest absolute Gasteiger partial charge is 0.508 e. The van der Waals surface area contributed by atoms with E-state index in [-0.39, 0.29) is 23.4 Å². The molecule has 0 aliphatic carbocycles. The van der Waals surface area contributed by atoms with Crippen molar-refractivity contribution in [1.29, 1.82) is 0 Å². The van der Waals surface area contributed by atoms with Crippen LogP contribution < -0.4 is 11.0 Å². The Morgan fingerprint density at radius 2 is 1.79 bits per heavy atom. The standard InChI is InChI=1S/C16H15N5O3/c22-10-4-1-8(2-5-10)13-11(7-9-3-6-12(23)17-9)18-14-15(19-13)21-16(24)20-14/h1-2,4-5,9,22H,3,6-7H2,(H,17,23)(H2,18,19,20,21,24). The summed E-state index contributed by atoms with van der Waals surface area (Å²) >= 11 is 0. The van der Waals surface area contributed by atoms with Crippen molar-refractivity contribution in [2.45, 2.75) is 25.3 Å². The summed E-state index contributed by atoms with van der Waals surface area (Å²) in [5.41, 5.74) is 2.50. The van der Waals surface area contributed by atoms with E-state index < -0.39 is 0 Å². The van der Waals surface area contributed by atoms with E-state index in [4.69, 9.17) is 0 Å². The fourth-order valence-corrected chi connectivity index (χ4v) is 2.95. The van der Waals surface area contributed by atoms with Crippen LogP contribution in [0, 0.1) is 0 Å². The van der Waals surface area contributed by atoms with Crippen molar-refractivity contribution in [1.82, 2.24) is 25.3 Å². The first-order valence-electron chi connectivity index (χ1n) is 7.66. The lowest BCUT2D eigenvalue weighted by Crippen LogP contribution is -2.27. The number of nitrogens with one attached hydrogen (secondary N) is 3. The predicted molar refractivity (Wildman–Crippen MR) is 86.5 cm³/mol. The zero-order valence-electron chi connectivity index (χ0n) is 12.7. The molecule has 8 heteroatoms. The Morgan fingerprint density at radius 3 is 2.46 bits per heavy atom. The molecule has 8 nitrogen and oxygen atoms in total. The molecule has 1 atom stereocenters. The molecule has 1 fully saturated rings. The van der Waals surface area contributed by atoms with E-state index in [0.717, 1.165) is 12.0 Å². The number of phenolic OH excluding ortho intramolecular Hbond substituents is 1. The lowest BCUT2D eigenvalue weighted by Gasteiger charge is -2.13. The van der Waals surface area contributed by atoms with Gasteiger partial charge in [-0.15, -0.1) is 0 Å². The summed E-state index contributed by atoms with van der Waals surface area (Å²) in [5, 5.41) is 12.4. The van der Waals surface area contributed by atoms with Crippen LogP contribution in [0.15, 0.2) is 29.1 Å². The zero-order valence-corrected chi connectivity index (χ0v) is 12.7. The highest BCUT2D eigenvalue weighted by molar-refractivity contribution is 5.78. The number of aromatic amines is 2. The quantitative estimate of drug-likeness (QED) is 0.568. The second-order valence-electron chi connectivity index (χ2n) is 5.85. The van der Waals surface area contributed by atoms with Gasteiger partial charge in [-0.1, -0.05) is 0 Å². The molecule has 0 radical (unpaired) electrons. The van der Waals surface area contributed by atoms with Crippen LogP contribution in [-0.2, 0) is 11.2 Å². The maximum atomic E-state index is 11.5. The molecule has 0 spiro atoms. The summed E-state index contributed by atoms with van der Waals surface area (Å²) in [5.74, 6) is 0.197. The average molecular weight is 325 g/mol. The fourth-order valence-electron chi connectivity index (χ4n) is 2.95. The normalized spacial score (nSPS) is 17.3. The van der Waals surface area contributed by atoms with Gasteiger partial charge in [0.05, 0.1) is 11.4 Å². The smallest absolute Gasteiger partial charge is 0.326 e. The summed E-state index contributed by atoms with van der Waals surface area (Å²) < 4.78 is 0. The minimum Gasteiger partial charge on any atom is -0.508 e. The van der Waals surface area contributed by atoms with Crippen LogP contribution in [0.1, 0.15) is 18.5 Å². The number of aromatic nitrogens is 4. The Morgan fingerprint density at radius 1 is 1.08 bits per heavy atom. The number of nitrogens with zero attached hydrogens (tertiary/aromatic N) is 2. The minimum absolute atomic E-state index is 0.00535. The Kier molecular flexibility index (Phi) is 3.30. The highest BCUT2D eigenvalue weighted by atomic mass is 16.3. The van der Waals surface area contributed by atoms with Gasteiger partial charge in [0.25, 0.3) is 0 Å².